The number of fused-ring (bicyclic) bond motifs is 9. The van der Waals surface area contributed by atoms with E-state index in [9.17, 15) is 0 Å². The van der Waals surface area contributed by atoms with E-state index in [0.29, 0.717) is 0 Å². The van der Waals surface area contributed by atoms with E-state index in [-0.39, 0.29) is 16.2 Å². The average molecular weight is 746 g/mol. The molecule has 0 unspecified atom stereocenters. The summed E-state index contributed by atoms with van der Waals surface area (Å²) in [5, 5.41) is 3.92. The minimum absolute atomic E-state index is 0.0530. The first kappa shape index (κ1) is 34.8. The molecule has 11 rings (SSSR count). The van der Waals surface area contributed by atoms with Crippen molar-refractivity contribution in [3.05, 3.63) is 203 Å². The predicted molar refractivity (Wildman–Crippen MR) is 245 cm³/mol. The third-order valence-electron chi connectivity index (χ3n) is 13.9. The zero-order valence-corrected chi connectivity index (χ0v) is 34.2. The number of anilines is 2. The number of benzene rings is 8. The van der Waals surface area contributed by atoms with Crippen LogP contribution in [-0.2, 0) is 16.2 Å². The predicted octanol–water partition coefficient (Wildman–Crippen LogP) is 15.4. The van der Waals surface area contributed by atoms with E-state index in [1.165, 1.54) is 100 Å². The van der Waals surface area contributed by atoms with Crippen molar-refractivity contribution in [2.24, 2.45) is 0 Å². The van der Waals surface area contributed by atoms with E-state index in [1.807, 2.05) is 0 Å². The summed E-state index contributed by atoms with van der Waals surface area (Å²) < 4.78 is 0. The molecule has 1 heteroatoms. The Bertz CT molecular complexity index is 3010. The standard InChI is InChI=1S/C57H47N/c1-55(2)48-19-10-7-16-41(48)44-26-22-37(32-51(44)55)35-14-13-15-39(30-35)47-31-36(38-23-27-45-42-17-8-11-20-49(42)56(3,4)52(45)33-38)24-29-54(47)58-40-25-28-46-43-18-9-12-21-50(43)57(5,6)53(46)34-40/h7-34,58H,1-6H3. The molecule has 280 valence electrons. The van der Waals surface area contributed by atoms with Crippen molar-refractivity contribution in [3.8, 4) is 66.8 Å². The molecule has 0 atom stereocenters. The molecule has 0 aromatic heterocycles. The summed E-state index contributed by atoms with van der Waals surface area (Å²) in [5.41, 5.74) is 25.7. The zero-order chi connectivity index (χ0) is 39.6. The van der Waals surface area contributed by atoms with Crippen molar-refractivity contribution < 1.29 is 0 Å². The van der Waals surface area contributed by atoms with E-state index in [0.717, 1.165) is 11.4 Å². The second kappa shape index (κ2) is 12.3. The maximum Gasteiger partial charge on any atom is 0.0464 e. The molecule has 0 fully saturated rings. The lowest BCUT2D eigenvalue weighted by Crippen LogP contribution is -2.15. The Morgan fingerprint density at radius 3 is 1.21 bits per heavy atom. The lowest BCUT2D eigenvalue weighted by Gasteiger charge is -2.23. The number of hydrogen-bond acceptors (Lipinski definition) is 1. The van der Waals surface area contributed by atoms with Crippen molar-refractivity contribution in [2.75, 3.05) is 5.32 Å². The Labute approximate surface area is 343 Å². The van der Waals surface area contributed by atoms with Crippen LogP contribution in [0.3, 0.4) is 0 Å². The first-order valence-electron chi connectivity index (χ1n) is 20.8. The fourth-order valence-corrected chi connectivity index (χ4v) is 10.6. The molecule has 0 aliphatic heterocycles. The molecule has 0 heterocycles. The second-order valence-corrected chi connectivity index (χ2v) is 18.3. The molecule has 0 spiro atoms. The Morgan fingerprint density at radius 1 is 0.276 bits per heavy atom. The molecular weight excluding hydrogens is 699 g/mol. The summed E-state index contributed by atoms with van der Waals surface area (Å²) in [6, 6.07) is 63.8. The van der Waals surface area contributed by atoms with Gasteiger partial charge in [-0.25, -0.2) is 0 Å². The molecule has 8 aromatic carbocycles. The largest absolute Gasteiger partial charge is 0.355 e. The lowest BCUT2D eigenvalue weighted by molar-refractivity contribution is 0.660. The smallest absolute Gasteiger partial charge is 0.0464 e. The second-order valence-electron chi connectivity index (χ2n) is 18.3. The highest BCUT2D eigenvalue weighted by Gasteiger charge is 2.37. The molecule has 8 aromatic rings. The van der Waals surface area contributed by atoms with Gasteiger partial charge in [-0.15, -0.1) is 0 Å². The van der Waals surface area contributed by atoms with Crippen LogP contribution in [0, 0.1) is 0 Å². The number of rotatable bonds is 5. The van der Waals surface area contributed by atoms with Crippen molar-refractivity contribution in [1.29, 1.82) is 0 Å². The molecule has 3 aliphatic carbocycles. The van der Waals surface area contributed by atoms with Crippen molar-refractivity contribution in [2.45, 2.75) is 57.8 Å². The molecule has 1 nitrogen and oxygen atoms in total. The van der Waals surface area contributed by atoms with E-state index < -0.39 is 0 Å². The highest BCUT2D eigenvalue weighted by Crippen LogP contribution is 2.52. The summed E-state index contributed by atoms with van der Waals surface area (Å²) in [5.74, 6) is 0. The summed E-state index contributed by atoms with van der Waals surface area (Å²) in [4.78, 5) is 0. The topological polar surface area (TPSA) is 12.0 Å². The highest BCUT2D eigenvalue weighted by atomic mass is 14.9. The SMILES string of the molecule is CC1(C)c2ccccc2-c2ccc(Nc3ccc(-c4ccc5c(c4)C(C)(C)c4ccccc4-5)cc3-c3cccc(-c4ccc5c(c4)C(C)(C)c4ccccc4-5)c3)cc21. The minimum atomic E-state index is -0.0720. The van der Waals surface area contributed by atoms with Gasteiger partial charge in [0, 0.05) is 33.2 Å². The summed E-state index contributed by atoms with van der Waals surface area (Å²) in [7, 11) is 0. The Hall–Kier alpha value is -6.44. The first-order valence-corrected chi connectivity index (χ1v) is 20.8. The Morgan fingerprint density at radius 2 is 0.672 bits per heavy atom. The van der Waals surface area contributed by atoms with Gasteiger partial charge in [-0.1, -0.05) is 169 Å². The van der Waals surface area contributed by atoms with Crippen LogP contribution >= 0.6 is 0 Å². The van der Waals surface area contributed by atoms with E-state index in [2.05, 4.69) is 217 Å². The Kier molecular flexibility index (Phi) is 7.36. The maximum atomic E-state index is 3.92. The van der Waals surface area contributed by atoms with E-state index in [4.69, 9.17) is 0 Å². The third-order valence-corrected chi connectivity index (χ3v) is 13.9. The van der Waals surface area contributed by atoms with Crippen molar-refractivity contribution >= 4 is 11.4 Å². The number of hydrogen-bond donors (Lipinski definition) is 1. The molecule has 0 bridgehead atoms. The van der Waals surface area contributed by atoms with Gasteiger partial charge in [0.25, 0.3) is 0 Å². The maximum absolute atomic E-state index is 3.92. The van der Waals surface area contributed by atoms with Crippen LogP contribution in [0.5, 0.6) is 0 Å². The summed E-state index contributed by atoms with van der Waals surface area (Å²) in [6.45, 7) is 14.1. The van der Waals surface area contributed by atoms with Gasteiger partial charge in [0.1, 0.15) is 0 Å². The average Bonchev–Trinajstić information content (AvgIpc) is 3.73. The van der Waals surface area contributed by atoms with Gasteiger partial charge in [0.05, 0.1) is 0 Å². The van der Waals surface area contributed by atoms with Gasteiger partial charge in [-0.05, 0) is 137 Å². The van der Waals surface area contributed by atoms with Crippen LogP contribution in [-0.4, -0.2) is 0 Å². The van der Waals surface area contributed by atoms with E-state index in [1.54, 1.807) is 0 Å². The van der Waals surface area contributed by atoms with Gasteiger partial charge >= 0.3 is 0 Å². The van der Waals surface area contributed by atoms with Crippen molar-refractivity contribution in [1.82, 2.24) is 0 Å². The fraction of sp³-hybridized carbons (Fsp3) is 0.158. The molecule has 0 saturated heterocycles. The van der Waals surface area contributed by atoms with Crippen LogP contribution in [0.4, 0.5) is 11.4 Å². The minimum Gasteiger partial charge on any atom is -0.355 e. The van der Waals surface area contributed by atoms with Gasteiger partial charge in [-0.3, -0.25) is 0 Å². The van der Waals surface area contributed by atoms with Crippen LogP contribution < -0.4 is 5.32 Å². The summed E-state index contributed by atoms with van der Waals surface area (Å²) >= 11 is 0. The van der Waals surface area contributed by atoms with Crippen molar-refractivity contribution in [3.63, 3.8) is 0 Å². The Balaban J connectivity index is 1.02. The van der Waals surface area contributed by atoms with Crippen LogP contribution in [0.15, 0.2) is 170 Å². The molecule has 0 amide bonds. The zero-order valence-electron chi connectivity index (χ0n) is 34.2. The summed E-state index contributed by atoms with van der Waals surface area (Å²) in [6.07, 6.45) is 0. The monoisotopic (exact) mass is 745 g/mol. The van der Waals surface area contributed by atoms with Gasteiger partial charge in [0.2, 0.25) is 0 Å². The van der Waals surface area contributed by atoms with Gasteiger partial charge in [-0.2, -0.15) is 0 Å². The normalized spacial score (nSPS) is 15.5. The van der Waals surface area contributed by atoms with E-state index >= 15 is 0 Å². The van der Waals surface area contributed by atoms with Crippen LogP contribution in [0.25, 0.3) is 66.8 Å². The molecule has 58 heavy (non-hydrogen) atoms. The van der Waals surface area contributed by atoms with Gasteiger partial charge < -0.3 is 5.32 Å². The molecule has 3 aliphatic rings. The lowest BCUT2D eigenvalue weighted by atomic mass is 9.81. The first-order chi connectivity index (χ1) is 28.0. The number of nitrogens with one attached hydrogen (secondary N) is 1. The third kappa shape index (κ3) is 5.02. The van der Waals surface area contributed by atoms with Crippen LogP contribution in [0.1, 0.15) is 74.9 Å². The quantitative estimate of drug-likeness (QED) is 0.185. The molecular formula is C57H47N. The van der Waals surface area contributed by atoms with Gasteiger partial charge in [0.15, 0.2) is 0 Å². The molecule has 0 radical (unpaired) electrons. The fourth-order valence-electron chi connectivity index (χ4n) is 10.6. The highest BCUT2D eigenvalue weighted by molar-refractivity contribution is 5.91. The molecule has 0 saturated carbocycles. The molecule has 1 N–H and O–H groups in total. The van der Waals surface area contributed by atoms with Crippen LogP contribution in [0.2, 0.25) is 0 Å².